The van der Waals surface area contributed by atoms with E-state index in [9.17, 15) is 14.4 Å². The first-order valence-electron chi connectivity index (χ1n) is 9.04. The molecule has 1 heterocycles. The lowest BCUT2D eigenvalue weighted by molar-refractivity contribution is -0.145. The van der Waals surface area contributed by atoms with Crippen molar-refractivity contribution in [2.45, 2.75) is 6.61 Å². The van der Waals surface area contributed by atoms with Crippen molar-refractivity contribution >= 4 is 17.8 Å². The first-order valence-corrected chi connectivity index (χ1v) is 9.04. The number of fused-ring (bicyclic) bond motifs is 1. The smallest absolute Gasteiger partial charge is 0.326 e. The summed E-state index contributed by atoms with van der Waals surface area (Å²) in [5, 5.41) is 0. The molecule has 1 aliphatic rings. The standard InChI is InChI=1S/C23H17NO5/c25-21(14-24-22(26)19-11-4-5-12-20(19)23(24)27)28-15-16-7-6-10-18(13-16)29-17-8-2-1-3-9-17/h1-13H,14-15H2. The lowest BCUT2D eigenvalue weighted by Gasteiger charge is -2.13. The van der Waals surface area contributed by atoms with Gasteiger partial charge in [-0.3, -0.25) is 19.3 Å². The number of para-hydroxylation sites is 1. The number of amides is 2. The summed E-state index contributed by atoms with van der Waals surface area (Å²) in [5.74, 6) is -0.312. The van der Waals surface area contributed by atoms with Crippen molar-refractivity contribution in [1.29, 1.82) is 0 Å². The normalized spacial score (nSPS) is 12.6. The number of nitrogens with zero attached hydrogens (tertiary/aromatic N) is 1. The fourth-order valence-corrected chi connectivity index (χ4v) is 3.04. The van der Waals surface area contributed by atoms with E-state index in [-0.39, 0.29) is 6.61 Å². The Labute approximate surface area is 167 Å². The number of imide groups is 1. The zero-order chi connectivity index (χ0) is 20.2. The predicted molar refractivity (Wildman–Crippen MR) is 105 cm³/mol. The quantitative estimate of drug-likeness (QED) is 0.475. The van der Waals surface area contributed by atoms with Gasteiger partial charge in [-0.2, -0.15) is 0 Å². The lowest BCUT2D eigenvalue weighted by atomic mass is 10.1. The molecule has 0 unspecified atom stereocenters. The Kier molecular flexibility index (Phi) is 5.07. The fraction of sp³-hybridized carbons (Fsp3) is 0.0870. The van der Waals surface area contributed by atoms with Crippen LogP contribution in [0.2, 0.25) is 0 Å². The molecule has 29 heavy (non-hydrogen) atoms. The molecular formula is C23H17NO5. The molecule has 0 saturated carbocycles. The van der Waals surface area contributed by atoms with Gasteiger partial charge < -0.3 is 9.47 Å². The van der Waals surface area contributed by atoms with Gasteiger partial charge in [0.1, 0.15) is 24.7 Å². The highest BCUT2D eigenvalue weighted by Gasteiger charge is 2.36. The number of carbonyl (C=O) groups is 3. The Bertz CT molecular complexity index is 1040. The van der Waals surface area contributed by atoms with Crippen LogP contribution < -0.4 is 4.74 Å². The van der Waals surface area contributed by atoms with Crippen LogP contribution in [0.1, 0.15) is 26.3 Å². The van der Waals surface area contributed by atoms with Crippen molar-refractivity contribution in [2.24, 2.45) is 0 Å². The van der Waals surface area contributed by atoms with Crippen molar-refractivity contribution in [1.82, 2.24) is 4.90 Å². The van der Waals surface area contributed by atoms with E-state index in [1.807, 2.05) is 30.3 Å². The zero-order valence-electron chi connectivity index (χ0n) is 15.4. The molecular weight excluding hydrogens is 370 g/mol. The maximum atomic E-state index is 12.3. The van der Waals surface area contributed by atoms with E-state index < -0.39 is 24.3 Å². The number of benzene rings is 3. The molecule has 3 aromatic rings. The van der Waals surface area contributed by atoms with E-state index in [0.717, 1.165) is 10.5 Å². The van der Waals surface area contributed by atoms with Crippen LogP contribution in [0.4, 0.5) is 0 Å². The molecule has 6 heteroatoms. The number of ether oxygens (including phenoxy) is 2. The van der Waals surface area contributed by atoms with Crippen LogP contribution in [-0.4, -0.2) is 29.2 Å². The van der Waals surface area contributed by atoms with Gasteiger partial charge in [0, 0.05) is 0 Å². The SMILES string of the molecule is O=C(CN1C(=O)c2ccccc2C1=O)OCc1cccc(Oc2ccccc2)c1. The van der Waals surface area contributed by atoms with E-state index >= 15 is 0 Å². The summed E-state index contributed by atoms with van der Waals surface area (Å²) in [4.78, 5) is 37.7. The van der Waals surface area contributed by atoms with Crippen molar-refractivity contribution in [3.05, 3.63) is 95.6 Å². The summed E-state index contributed by atoms with van der Waals surface area (Å²) in [7, 11) is 0. The number of carbonyl (C=O) groups excluding carboxylic acids is 3. The molecule has 2 amide bonds. The van der Waals surface area contributed by atoms with E-state index in [1.54, 1.807) is 48.5 Å². The summed E-state index contributed by atoms with van der Waals surface area (Å²) < 4.78 is 11.0. The predicted octanol–water partition coefficient (Wildman–Crippen LogP) is 3.82. The number of hydrogen-bond acceptors (Lipinski definition) is 5. The molecule has 0 saturated heterocycles. The first kappa shape index (κ1) is 18.4. The molecule has 0 fully saturated rings. The fourth-order valence-electron chi connectivity index (χ4n) is 3.04. The van der Waals surface area contributed by atoms with Gasteiger partial charge in [0.25, 0.3) is 11.8 Å². The van der Waals surface area contributed by atoms with Crippen LogP contribution in [0.15, 0.2) is 78.9 Å². The van der Waals surface area contributed by atoms with Gasteiger partial charge in [0.05, 0.1) is 11.1 Å². The van der Waals surface area contributed by atoms with Gasteiger partial charge in [-0.1, -0.05) is 42.5 Å². The monoisotopic (exact) mass is 387 g/mol. The van der Waals surface area contributed by atoms with Crippen LogP contribution >= 0.6 is 0 Å². The highest BCUT2D eigenvalue weighted by molar-refractivity contribution is 6.22. The highest BCUT2D eigenvalue weighted by atomic mass is 16.5. The van der Waals surface area contributed by atoms with Crippen LogP contribution in [0.5, 0.6) is 11.5 Å². The van der Waals surface area contributed by atoms with Gasteiger partial charge in [0.15, 0.2) is 0 Å². The Balaban J connectivity index is 1.35. The van der Waals surface area contributed by atoms with Gasteiger partial charge in [0.2, 0.25) is 0 Å². The van der Waals surface area contributed by atoms with Gasteiger partial charge in [-0.15, -0.1) is 0 Å². The average Bonchev–Trinajstić information content (AvgIpc) is 2.98. The molecule has 0 bridgehead atoms. The average molecular weight is 387 g/mol. The molecule has 0 N–H and O–H groups in total. The minimum atomic E-state index is -0.658. The zero-order valence-corrected chi connectivity index (χ0v) is 15.4. The molecule has 0 atom stereocenters. The second-order valence-electron chi connectivity index (χ2n) is 6.47. The summed E-state index contributed by atoms with van der Waals surface area (Å²) in [5.41, 5.74) is 1.33. The maximum absolute atomic E-state index is 12.3. The van der Waals surface area contributed by atoms with Gasteiger partial charge in [-0.25, -0.2) is 0 Å². The Morgan fingerprint density at radius 3 is 2.07 bits per heavy atom. The van der Waals surface area contributed by atoms with E-state index in [2.05, 4.69) is 0 Å². The lowest BCUT2D eigenvalue weighted by Crippen LogP contribution is -2.35. The molecule has 144 valence electrons. The second-order valence-corrected chi connectivity index (χ2v) is 6.47. The van der Waals surface area contributed by atoms with E-state index in [0.29, 0.717) is 22.6 Å². The van der Waals surface area contributed by atoms with Crippen molar-refractivity contribution < 1.29 is 23.9 Å². The molecule has 0 radical (unpaired) electrons. The minimum absolute atomic E-state index is 0.00793. The van der Waals surface area contributed by atoms with Crippen LogP contribution in [0.3, 0.4) is 0 Å². The third kappa shape index (κ3) is 4.01. The summed E-state index contributed by atoms with van der Waals surface area (Å²) >= 11 is 0. The maximum Gasteiger partial charge on any atom is 0.326 e. The minimum Gasteiger partial charge on any atom is -0.459 e. The molecule has 4 rings (SSSR count). The summed E-state index contributed by atoms with van der Waals surface area (Å²) in [6, 6.07) is 23.0. The molecule has 0 spiro atoms. The van der Waals surface area contributed by atoms with Crippen molar-refractivity contribution in [2.75, 3.05) is 6.54 Å². The van der Waals surface area contributed by atoms with Crippen molar-refractivity contribution in [3.8, 4) is 11.5 Å². The molecule has 6 nitrogen and oxygen atoms in total. The van der Waals surface area contributed by atoms with Gasteiger partial charge >= 0.3 is 5.97 Å². The Hall–Kier alpha value is -3.93. The molecule has 0 aliphatic carbocycles. The van der Waals surface area contributed by atoms with Crippen LogP contribution in [-0.2, 0) is 16.1 Å². The molecule has 3 aromatic carbocycles. The third-order valence-corrected chi connectivity index (χ3v) is 4.44. The van der Waals surface area contributed by atoms with Crippen LogP contribution in [0.25, 0.3) is 0 Å². The number of hydrogen-bond donors (Lipinski definition) is 0. The molecule has 1 aliphatic heterocycles. The topological polar surface area (TPSA) is 72.9 Å². The number of rotatable bonds is 6. The highest BCUT2D eigenvalue weighted by Crippen LogP contribution is 2.23. The summed E-state index contributed by atoms with van der Waals surface area (Å²) in [6.45, 7) is -0.416. The Morgan fingerprint density at radius 2 is 1.38 bits per heavy atom. The second kappa shape index (κ2) is 7.98. The number of esters is 1. The third-order valence-electron chi connectivity index (χ3n) is 4.44. The first-order chi connectivity index (χ1) is 14.1. The Morgan fingerprint density at radius 1 is 0.759 bits per heavy atom. The van der Waals surface area contributed by atoms with E-state index in [4.69, 9.17) is 9.47 Å². The largest absolute Gasteiger partial charge is 0.459 e. The molecule has 0 aromatic heterocycles. The summed E-state index contributed by atoms with van der Waals surface area (Å²) in [6.07, 6.45) is 0. The van der Waals surface area contributed by atoms with Crippen molar-refractivity contribution in [3.63, 3.8) is 0 Å². The van der Waals surface area contributed by atoms with Gasteiger partial charge in [-0.05, 0) is 42.0 Å². The van der Waals surface area contributed by atoms with E-state index in [1.165, 1.54) is 0 Å². The van der Waals surface area contributed by atoms with Crippen LogP contribution in [0, 0.1) is 0 Å².